The van der Waals surface area contributed by atoms with Gasteiger partial charge in [-0.15, -0.1) is 0 Å². The van der Waals surface area contributed by atoms with Crippen LogP contribution in [-0.2, 0) is 14.3 Å². The molecule has 0 aromatic rings. The molecule has 0 heterocycles. The van der Waals surface area contributed by atoms with E-state index in [1.54, 1.807) is 0 Å². The minimum Gasteiger partial charge on any atom is -0.481 e. The Hall–Kier alpha value is -2.03. The van der Waals surface area contributed by atoms with Gasteiger partial charge in [0.2, 0.25) is 0 Å². The maximum Gasteiger partial charge on any atom is 0.407 e. The predicted octanol–water partition coefficient (Wildman–Crippen LogP) is 3.76. The molecule has 0 atom stereocenters. The molecule has 0 rings (SSSR count). The summed E-state index contributed by atoms with van der Waals surface area (Å²) in [4.78, 5) is 36.3. The Kier molecular flexibility index (Phi) is 13.9. The highest BCUT2D eigenvalue weighted by molar-refractivity contribution is 5.68. The molecule has 0 unspecified atom stereocenters. The topological polar surface area (TPSA) is 117 Å². The van der Waals surface area contributed by atoms with E-state index in [2.05, 4.69) is 15.5 Å². The lowest BCUT2D eigenvalue weighted by atomic mass is 10.2. The number of nitrogens with zero attached hydrogens (tertiary/aromatic N) is 1. The number of carboxylic acid groups (broad SMARTS) is 1. The van der Waals surface area contributed by atoms with Crippen molar-refractivity contribution in [2.75, 3.05) is 32.7 Å². The Bertz CT molecular complexity index is 502. The van der Waals surface area contributed by atoms with E-state index in [1.165, 1.54) is 0 Å². The van der Waals surface area contributed by atoms with Crippen LogP contribution in [-0.4, -0.2) is 72.1 Å². The van der Waals surface area contributed by atoms with Crippen LogP contribution in [0.3, 0.4) is 0 Å². The SMILES string of the molecule is CC(C)(C)OC(=O)NCCCCN(CCCCNC(=O)OC(C)(C)C)CCCC(=O)O. The lowest BCUT2D eigenvalue weighted by Gasteiger charge is -2.23. The molecule has 0 saturated heterocycles. The summed E-state index contributed by atoms with van der Waals surface area (Å²) < 4.78 is 10.4. The van der Waals surface area contributed by atoms with Gasteiger partial charge in [-0.3, -0.25) is 4.79 Å². The second-order valence-corrected chi connectivity index (χ2v) is 9.61. The van der Waals surface area contributed by atoms with Crippen molar-refractivity contribution in [1.29, 1.82) is 0 Å². The number of unbranched alkanes of at least 4 members (excludes halogenated alkanes) is 2. The number of alkyl carbamates (subject to hydrolysis) is 2. The van der Waals surface area contributed by atoms with Crippen molar-refractivity contribution >= 4 is 18.2 Å². The van der Waals surface area contributed by atoms with Crippen LogP contribution in [0.4, 0.5) is 9.59 Å². The van der Waals surface area contributed by atoms with E-state index in [0.717, 1.165) is 38.8 Å². The third-order valence-electron chi connectivity index (χ3n) is 4.00. The molecule has 3 N–H and O–H groups in total. The number of nitrogens with one attached hydrogen (secondary N) is 2. The summed E-state index contributed by atoms with van der Waals surface area (Å²) in [5.74, 6) is -0.789. The molecule has 0 aliphatic heterocycles. The number of hydrogen-bond donors (Lipinski definition) is 3. The molecular weight excluding hydrogens is 402 g/mol. The normalized spacial score (nSPS) is 11.8. The largest absolute Gasteiger partial charge is 0.481 e. The van der Waals surface area contributed by atoms with Crippen LogP contribution in [0.25, 0.3) is 0 Å². The molecular formula is C22H43N3O6. The number of ether oxygens (including phenoxy) is 2. The summed E-state index contributed by atoms with van der Waals surface area (Å²) in [5, 5.41) is 14.4. The van der Waals surface area contributed by atoms with Gasteiger partial charge < -0.3 is 30.1 Å². The first-order valence-electron chi connectivity index (χ1n) is 11.2. The Labute approximate surface area is 187 Å². The van der Waals surface area contributed by atoms with E-state index in [0.29, 0.717) is 26.1 Å². The third-order valence-corrected chi connectivity index (χ3v) is 4.00. The molecule has 0 spiro atoms. The highest BCUT2D eigenvalue weighted by Crippen LogP contribution is 2.08. The molecule has 0 aromatic carbocycles. The number of carbonyl (C=O) groups excluding carboxylic acids is 2. The Morgan fingerprint density at radius 3 is 1.45 bits per heavy atom. The van der Waals surface area contributed by atoms with Crippen molar-refractivity contribution in [1.82, 2.24) is 15.5 Å². The van der Waals surface area contributed by atoms with Gasteiger partial charge in [-0.1, -0.05) is 0 Å². The number of hydrogen-bond acceptors (Lipinski definition) is 6. The summed E-state index contributed by atoms with van der Waals surface area (Å²) in [5.41, 5.74) is -1.02. The van der Waals surface area contributed by atoms with Gasteiger partial charge in [-0.05, 0) is 93.3 Å². The first kappa shape index (κ1) is 29.0. The lowest BCUT2D eigenvalue weighted by molar-refractivity contribution is -0.137. The standard InChI is InChI=1S/C22H43N3O6/c1-21(2,3)30-19(28)23-13-7-9-15-25(17-11-12-18(26)27)16-10-8-14-24-20(29)31-22(4,5)6/h7-17H2,1-6H3,(H,23,28)(H,24,29)(H,26,27). The summed E-state index contributed by atoms with van der Waals surface area (Å²) in [6, 6.07) is 0. The van der Waals surface area contributed by atoms with E-state index < -0.39 is 29.4 Å². The molecule has 0 fully saturated rings. The Morgan fingerprint density at radius 1 is 0.710 bits per heavy atom. The van der Waals surface area contributed by atoms with Crippen LogP contribution < -0.4 is 10.6 Å². The third kappa shape index (κ3) is 21.0. The van der Waals surface area contributed by atoms with Gasteiger partial charge in [0.1, 0.15) is 11.2 Å². The molecule has 0 saturated carbocycles. The average molecular weight is 446 g/mol. The summed E-state index contributed by atoms with van der Waals surface area (Å²) in [6.45, 7) is 14.4. The first-order valence-corrected chi connectivity index (χ1v) is 11.2. The fourth-order valence-corrected chi connectivity index (χ4v) is 2.72. The second kappa shape index (κ2) is 14.9. The van der Waals surface area contributed by atoms with Crippen LogP contribution in [0.15, 0.2) is 0 Å². The minimum atomic E-state index is -0.789. The van der Waals surface area contributed by atoms with Crippen LogP contribution >= 0.6 is 0 Å². The van der Waals surface area contributed by atoms with Gasteiger partial charge in [-0.2, -0.15) is 0 Å². The first-order chi connectivity index (χ1) is 14.3. The van der Waals surface area contributed by atoms with E-state index in [9.17, 15) is 14.4 Å². The average Bonchev–Trinajstić information content (AvgIpc) is 2.57. The highest BCUT2D eigenvalue weighted by Gasteiger charge is 2.16. The molecule has 0 aromatic heterocycles. The molecule has 2 amide bonds. The van der Waals surface area contributed by atoms with Crippen molar-refractivity contribution in [2.24, 2.45) is 0 Å². The van der Waals surface area contributed by atoms with E-state index in [-0.39, 0.29) is 6.42 Å². The quantitative estimate of drug-likeness (QED) is 0.348. The van der Waals surface area contributed by atoms with Gasteiger partial charge in [0.15, 0.2) is 0 Å². The fraction of sp³-hybridized carbons (Fsp3) is 0.864. The van der Waals surface area contributed by atoms with E-state index in [4.69, 9.17) is 14.6 Å². The Morgan fingerprint density at radius 2 is 1.10 bits per heavy atom. The Balaban J connectivity index is 4.13. The molecule has 0 aliphatic carbocycles. The minimum absolute atomic E-state index is 0.150. The number of carbonyl (C=O) groups is 3. The molecule has 0 bridgehead atoms. The van der Waals surface area contributed by atoms with Crippen LogP contribution in [0.1, 0.15) is 80.1 Å². The number of amides is 2. The van der Waals surface area contributed by atoms with Gasteiger partial charge in [0.25, 0.3) is 0 Å². The zero-order valence-electron chi connectivity index (χ0n) is 20.2. The summed E-state index contributed by atoms with van der Waals surface area (Å²) >= 11 is 0. The maximum atomic E-state index is 11.7. The summed E-state index contributed by atoms with van der Waals surface area (Å²) in [7, 11) is 0. The van der Waals surface area contributed by atoms with Gasteiger partial charge in [0, 0.05) is 19.5 Å². The monoisotopic (exact) mass is 445 g/mol. The van der Waals surface area contributed by atoms with Crippen LogP contribution in [0.2, 0.25) is 0 Å². The lowest BCUT2D eigenvalue weighted by Crippen LogP contribution is -2.34. The molecule has 182 valence electrons. The maximum absolute atomic E-state index is 11.7. The van der Waals surface area contributed by atoms with E-state index >= 15 is 0 Å². The smallest absolute Gasteiger partial charge is 0.407 e. The summed E-state index contributed by atoms with van der Waals surface area (Å²) in [6.07, 6.45) is 3.33. The molecule has 9 heteroatoms. The fourth-order valence-electron chi connectivity index (χ4n) is 2.72. The van der Waals surface area contributed by atoms with Gasteiger partial charge in [0.05, 0.1) is 0 Å². The number of aliphatic carboxylic acids is 1. The van der Waals surface area contributed by atoms with Gasteiger partial charge >= 0.3 is 18.2 Å². The van der Waals surface area contributed by atoms with Crippen molar-refractivity contribution in [3.63, 3.8) is 0 Å². The number of carboxylic acids is 1. The van der Waals surface area contributed by atoms with Crippen molar-refractivity contribution < 1.29 is 29.0 Å². The van der Waals surface area contributed by atoms with Crippen molar-refractivity contribution in [3.05, 3.63) is 0 Å². The second-order valence-electron chi connectivity index (χ2n) is 9.61. The molecule has 9 nitrogen and oxygen atoms in total. The molecule has 0 radical (unpaired) electrons. The molecule has 31 heavy (non-hydrogen) atoms. The molecule has 0 aliphatic rings. The zero-order valence-corrected chi connectivity index (χ0v) is 20.2. The van der Waals surface area contributed by atoms with Crippen molar-refractivity contribution in [2.45, 2.75) is 91.3 Å². The number of rotatable bonds is 14. The van der Waals surface area contributed by atoms with Crippen molar-refractivity contribution in [3.8, 4) is 0 Å². The zero-order chi connectivity index (χ0) is 23.9. The predicted molar refractivity (Wildman–Crippen MR) is 120 cm³/mol. The van der Waals surface area contributed by atoms with Gasteiger partial charge in [-0.25, -0.2) is 9.59 Å². The van der Waals surface area contributed by atoms with Crippen LogP contribution in [0.5, 0.6) is 0 Å². The van der Waals surface area contributed by atoms with Crippen LogP contribution in [0, 0.1) is 0 Å². The highest BCUT2D eigenvalue weighted by atomic mass is 16.6. The van der Waals surface area contributed by atoms with E-state index in [1.807, 2.05) is 41.5 Å².